The molecule has 4 heterocycles. The maximum Gasteiger partial charge on any atom is 0.337 e. The van der Waals surface area contributed by atoms with E-state index in [1.54, 1.807) is 34.0 Å². The maximum absolute atomic E-state index is 14.2. The fraction of sp³-hybridized carbons (Fsp3) is 0.455. The number of nitrogens with zero attached hydrogens (tertiary/aromatic N) is 4. The smallest absolute Gasteiger partial charge is 0.337 e. The molecule has 0 spiro atoms. The van der Waals surface area contributed by atoms with E-state index in [2.05, 4.69) is 15.3 Å². The molecule has 4 atom stereocenters. The Bertz CT molecular complexity index is 1540. The van der Waals surface area contributed by atoms with Gasteiger partial charge in [0, 0.05) is 58.0 Å². The van der Waals surface area contributed by atoms with Crippen LogP contribution < -0.4 is 10.1 Å². The number of benzene rings is 2. The minimum Gasteiger partial charge on any atom is -0.493 e. The topological polar surface area (TPSA) is 135 Å². The number of ether oxygens (including phenoxy) is 3. The molecule has 3 aliphatic rings. The number of aliphatic hydroxyl groups excluding tert-OH is 1. The Labute approximate surface area is 261 Å². The summed E-state index contributed by atoms with van der Waals surface area (Å²) in [6.45, 7) is 2.19. The predicted octanol–water partition coefficient (Wildman–Crippen LogP) is 2.01. The molecule has 2 aromatic carbocycles. The fourth-order valence-corrected chi connectivity index (χ4v) is 6.26. The molecule has 2 amide bonds. The van der Waals surface area contributed by atoms with Crippen molar-refractivity contribution in [3.8, 4) is 16.9 Å². The van der Waals surface area contributed by atoms with Crippen molar-refractivity contribution in [2.24, 2.45) is 7.05 Å². The monoisotopic (exact) mass is 617 g/mol. The number of aliphatic hydroxyl groups is 1. The van der Waals surface area contributed by atoms with E-state index in [9.17, 15) is 19.5 Å². The van der Waals surface area contributed by atoms with Gasteiger partial charge >= 0.3 is 5.97 Å². The highest BCUT2D eigenvalue weighted by Crippen LogP contribution is 2.31. The molecule has 12 heteroatoms. The average molecular weight is 618 g/mol. The third kappa shape index (κ3) is 6.87. The lowest BCUT2D eigenvalue weighted by Crippen LogP contribution is -2.61. The highest BCUT2D eigenvalue weighted by molar-refractivity contribution is 6.00. The maximum atomic E-state index is 14.2. The van der Waals surface area contributed by atoms with Crippen LogP contribution in [0.4, 0.5) is 0 Å². The number of esters is 1. The van der Waals surface area contributed by atoms with Crippen LogP contribution in [0.15, 0.2) is 54.9 Å². The predicted molar refractivity (Wildman–Crippen MR) is 164 cm³/mol. The number of rotatable bonds is 4. The molecule has 0 saturated carbocycles. The molecule has 0 aliphatic carbocycles. The summed E-state index contributed by atoms with van der Waals surface area (Å²) in [6.07, 6.45) is 4.14. The summed E-state index contributed by atoms with van der Waals surface area (Å²) in [6, 6.07) is 11.9. The molecule has 2 fully saturated rings. The summed E-state index contributed by atoms with van der Waals surface area (Å²) in [7, 11) is 3.19. The zero-order valence-corrected chi connectivity index (χ0v) is 25.6. The lowest BCUT2D eigenvalue weighted by atomic mass is 9.98. The van der Waals surface area contributed by atoms with Gasteiger partial charge < -0.3 is 29.5 Å². The number of methoxy groups -OCH3 is 1. The van der Waals surface area contributed by atoms with Gasteiger partial charge in [-0.3, -0.25) is 19.2 Å². The molecule has 238 valence electrons. The third-order valence-corrected chi connectivity index (χ3v) is 8.82. The van der Waals surface area contributed by atoms with Gasteiger partial charge in [0.2, 0.25) is 5.91 Å². The number of carbonyl (C=O) groups excluding carboxylic acids is 3. The second-order valence-electron chi connectivity index (χ2n) is 11.9. The zero-order chi connectivity index (χ0) is 31.5. The minimum absolute atomic E-state index is 0.133. The second kappa shape index (κ2) is 13.4. The van der Waals surface area contributed by atoms with E-state index in [1.165, 1.54) is 7.11 Å². The first-order valence-corrected chi connectivity index (χ1v) is 15.4. The van der Waals surface area contributed by atoms with Crippen LogP contribution in [0.1, 0.15) is 45.5 Å². The number of aromatic nitrogens is 2. The van der Waals surface area contributed by atoms with E-state index in [0.29, 0.717) is 68.9 Å². The molecule has 2 saturated heterocycles. The SMILES string of the molecule is COC(=O)c1ccc(CN2CCN3C(=O)c4ccc(-c5cnn(C)c5)cc4OCC[C@@H]4CC[C@H](O)[C@@H](CNC(=O)[C@@H]3C2)O4)cc1. The first kappa shape index (κ1) is 30.8. The van der Waals surface area contributed by atoms with Gasteiger partial charge in [0.05, 0.1) is 43.2 Å². The van der Waals surface area contributed by atoms with Crippen molar-refractivity contribution >= 4 is 17.8 Å². The van der Waals surface area contributed by atoms with Gasteiger partial charge in [-0.2, -0.15) is 5.10 Å². The molecule has 0 unspecified atom stereocenters. The summed E-state index contributed by atoms with van der Waals surface area (Å²) in [5.41, 5.74) is 3.58. The lowest BCUT2D eigenvalue weighted by molar-refractivity contribution is -0.135. The van der Waals surface area contributed by atoms with E-state index in [0.717, 1.165) is 16.7 Å². The van der Waals surface area contributed by atoms with E-state index in [4.69, 9.17) is 14.2 Å². The normalized spacial score (nSPS) is 24.5. The number of aryl methyl sites for hydroxylation is 1. The first-order valence-electron chi connectivity index (χ1n) is 15.4. The third-order valence-electron chi connectivity index (χ3n) is 8.82. The number of hydrogen-bond donors (Lipinski definition) is 2. The Morgan fingerprint density at radius 3 is 2.67 bits per heavy atom. The Hall–Kier alpha value is -4.26. The number of hydrogen-bond acceptors (Lipinski definition) is 9. The van der Waals surface area contributed by atoms with Crippen LogP contribution in [-0.2, 0) is 27.9 Å². The van der Waals surface area contributed by atoms with E-state index in [-0.39, 0.29) is 24.5 Å². The number of carbonyl (C=O) groups is 3. The number of amides is 2. The summed E-state index contributed by atoms with van der Waals surface area (Å²) >= 11 is 0. The van der Waals surface area contributed by atoms with Crippen molar-refractivity contribution in [3.05, 3.63) is 71.5 Å². The van der Waals surface area contributed by atoms with Gasteiger partial charge in [0.15, 0.2) is 0 Å². The molecule has 3 aliphatic heterocycles. The van der Waals surface area contributed by atoms with Crippen molar-refractivity contribution in [3.63, 3.8) is 0 Å². The molecular weight excluding hydrogens is 578 g/mol. The zero-order valence-electron chi connectivity index (χ0n) is 25.6. The van der Waals surface area contributed by atoms with Gasteiger partial charge in [-0.05, 0) is 48.2 Å². The van der Waals surface area contributed by atoms with Crippen LogP contribution in [0.3, 0.4) is 0 Å². The Morgan fingerprint density at radius 1 is 1.09 bits per heavy atom. The highest BCUT2D eigenvalue weighted by atomic mass is 16.5. The quantitative estimate of drug-likeness (QED) is 0.422. The van der Waals surface area contributed by atoms with E-state index in [1.807, 2.05) is 37.5 Å². The van der Waals surface area contributed by atoms with E-state index >= 15 is 0 Å². The van der Waals surface area contributed by atoms with Gasteiger partial charge in [0.25, 0.3) is 5.91 Å². The van der Waals surface area contributed by atoms with Crippen LogP contribution >= 0.6 is 0 Å². The first-order chi connectivity index (χ1) is 21.8. The van der Waals surface area contributed by atoms with Crippen LogP contribution in [-0.4, -0.2) is 107 Å². The summed E-state index contributed by atoms with van der Waals surface area (Å²) < 4.78 is 19.0. The molecule has 45 heavy (non-hydrogen) atoms. The Morgan fingerprint density at radius 2 is 1.91 bits per heavy atom. The molecular formula is C33H39N5O7. The second-order valence-corrected chi connectivity index (χ2v) is 11.9. The van der Waals surface area contributed by atoms with E-state index < -0.39 is 24.2 Å². The van der Waals surface area contributed by atoms with Crippen molar-refractivity contribution in [2.75, 3.05) is 39.9 Å². The Balaban J connectivity index is 1.28. The van der Waals surface area contributed by atoms with Gasteiger partial charge in [-0.1, -0.05) is 18.2 Å². The molecule has 1 aromatic heterocycles. The van der Waals surface area contributed by atoms with Crippen molar-refractivity contribution < 1.29 is 33.7 Å². The van der Waals surface area contributed by atoms with Crippen molar-refractivity contribution in [1.29, 1.82) is 0 Å². The molecule has 0 radical (unpaired) electrons. The molecule has 6 rings (SSSR count). The largest absolute Gasteiger partial charge is 0.493 e. The average Bonchev–Trinajstić information content (AvgIpc) is 3.50. The van der Waals surface area contributed by atoms with Crippen molar-refractivity contribution in [2.45, 2.75) is 50.2 Å². The van der Waals surface area contributed by atoms with Crippen LogP contribution in [0.25, 0.3) is 11.1 Å². The number of nitrogens with one attached hydrogen (secondary N) is 1. The minimum atomic E-state index is -0.786. The summed E-state index contributed by atoms with van der Waals surface area (Å²) in [5, 5.41) is 17.9. The van der Waals surface area contributed by atoms with Crippen LogP contribution in [0, 0.1) is 0 Å². The van der Waals surface area contributed by atoms with Gasteiger partial charge in [-0.15, -0.1) is 0 Å². The molecule has 2 N–H and O–H groups in total. The standard InChI is InChI=1S/C33H39N5O7/c1-36-19-24(16-35-36)23-7-9-26-29(15-23)44-14-11-25-8-10-28(39)30(45-25)17-34-31(40)27-20-37(12-13-38(27)32(26)41)18-21-3-5-22(6-4-21)33(42)43-2/h3-7,9,15-16,19,25,27-28,30,39H,8,10-14,17-18,20H2,1-2H3,(H,34,40)/t25-,27-,28-,30+/m0/s1. The summed E-state index contributed by atoms with van der Waals surface area (Å²) in [5.74, 6) is -0.546. The van der Waals surface area contributed by atoms with Crippen LogP contribution in [0.5, 0.6) is 5.75 Å². The fourth-order valence-electron chi connectivity index (χ4n) is 6.26. The number of piperazine rings is 1. The van der Waals surface area contributed by atoms with Crippen molar-refractivity contribution in [1.82, 2.24) is 24.9 Å². The summed E-state index contributed by atoms with van der Waals surface area (Å²) in [4.78, 5) is 43.6. The van der Waals surface area contributed by atoms with Gasteiger partial charge in [0.1, 0.15) is 17.9 Å². The van der Waals surface area contributed by atoms with Gasteiger partial charge in [-0.25, -0.2) is 4.79 Å². The van der Waals surface area contributed by atoms with Crippen LogP contribution in [0.2, 0.25) is 0 Å². The lowest BCUT2D eigenvalue weighted by Gasteiger charge is -2.41. The molecule has 3 aromatic rings. The molecule has 2 bridgehead atoms. The number of fused-ring (bicyclic) bond motifs is 4. The highest BCUT2D eigenvalue weighted by Gasteiger charge is 2.38. The molecule has 12 nitrogen and oxygen atoms in total. The Kier molecular flexibility index (Phi) is 9.15.